The first-order valence-corrected chi connectivity index (χ1v) is 13.8. The van der Waals surface area contributed by atoms with Crippen molar-refractivity contribution in [3.63, 3.8) is 0 Å². The number of benzene rings is 1. The van der Waals surface area contributed by atoms with Crippen molar-refractivity contribution >= 4 is 46.5 Å². The molecular formula is C27H39N9O6. The van der Waals surface area contributed by atoms with Gasteiger partial charge in [-0.2, -0.15) is 0 Å². The molecule has 2 heterocycles. The molecule has 4 unspecified atom stereocenters. The van der Waals surface area contributed by atoms with Gasteiger partial charge in [0.15, 0.2) is 5.96 Å². The molecule has 4 atom stereocenters. The molecule has 0 spiro atoms. The lowest BCUT2D eigenvalue weighted by Gasteiger charge is -2.30. The Bertz CT molecular complexity index is 1320. The Labute approximate surface area is 242 Å². The van der Waals surface area contributed by atoms with Crippen molar-refractivity contribution in [3.8, 4) is 0 Å². The van der Waals surface area contributed by atoms with Crippen LogP contribution in [0.5, 0.6) is 0 Å². The minimum atomic E-state index is -1.23. The molecule has 2 aromatic rings. The molecule has 1 aromatic carbocycles. The molecule has 1 aromatic heterocycles. The summed E-state index contributed by atoms with van der Waals surface area (Å²) in [5.74, 6) is -3.71. The van der Waals surface area contributed by atoms with E-state index in [9.17, 15) is 29.1 Å². The normalized spacial score (nSPS) is 16.8. The van der Waals surface area contributed by atoms with Gasteiger partial charge in [0.2, 0.25) is 23.6 Å². The molecule has 12 N–H and O–H groups in total. The second-order valence-corrected chi connectivity index (χ2v) is 10.3. The second-order valence-electron chi connectivity index (χ2n) is 10.3. The Kier molecular flexibility index (Phi) is 11.2. The monoisotopic (exact) mass is 585 g/mol. The number of aliphatic carboxylic acids is 1. The van der Waals surface area contributed by atoms with E-state index in [1.807, 2.05) is 24.3 Å². The van der Waals surface area contributed by atoms with E-state index in [0.717, 1.165) is 16.5 Å². The Balaban J connectivity index is 1.71. The maximum atomic E-state index is 13.6. The summed E-state index contributed by atoms with van der Waals surface area (Å²) in [4.78, 5) is 71.2. The Morgan fingerprint density at radius 2 is 1.81 bits per heavy atom. The number of H-pyrrole nitrogens is 1. The molecule has 0 aliphatic carbocycles. The number of amides is 4. The standard InChI is InChI=1S/C27H39N9O6/c28-17(9-10-22(29)37)23(38)34-19(7-3-11-32-27(30)31)25(40)36-12-4-8-21(36)24(39)35-20(26(41)42)13-15-14-33-18-6-2-1-5-16(15)18/h1-2,5-6,14,17,19-21,33H,3-4,7-13,28H2,(H2,29,37)(H,34,38)(H,35,39)(H,41,42)(H4,30,31,32). The van der Waals surface area contributed by atoms with Crippen LogP contribution in [0.3, 0.4) is 0 Å². The highest BCUT2D eigenvalue weighted by atomic mass is 16.4. The van der Waals surface area contributed by atoms with Crippen molar-refractivity contribution in [3.05, 3.63) is 36.0 Å². The van der Waals surface area contributed by atoms with E-state index in [4.69, 9.17) is 22.9 Å². The minimum Gasteiger partial charge on any atom is -0.480 e. The number of aromatic amines is 1. The summed E-state index contributed by atoms with van der Waals surface area (Å²) in [7, 11) is 0. The van der Waals surface area contributed by atoms with E-state index in [2.05, 4.69) is 20.6 Å². The third kappa shape index (κ3) is 8.67. The number of fused-ring (bicyclic) bond motifs is 1. The number of nitrogens with one attached hydrogen (secondary N) is 3. The predicted molar refractivity (Wildman–Crippen MR) is 155 cm³/mol. The molecule has 0 saturated carbocycles. The molecule has 42 heavy (non-hydrogen) atoms. The van der Waals surface area contributed by atoms with Crippen LogP contribution >= 0.6 is 0 Å². The molecule has 1 aliphatic heterocycles. The fourth-order valence-electron chi connectivity index (χ4n) is 4.96. The van der Waals surface area contributed by atoms with Crippen LogP contribution in [-0.2, 0) is 30.4 Å². The lowest BCUT2D eigenvalue weighted by atomic mass is 10.0. The SMILES string of the molecule is NC(=O)CCC(N)C(=O)NC(CCCN=C(N)N)C(=O)N1CCCC1C(=O)NC(Cc1c[nH]c2ccccc12)C(=O)O. The number of primary amides is 1. The third-order valence-corrected chi connectivity index (χ3v) is 7.15. The van der Waals surface area contributed by atoms with Crippen molar-refractivity contribution in [2.45, 2.75) is 69.1 Å². The van der Waals surface area contributed by atoms with Crippen LogP contribution in [0.15, 0.2) is 35.5 Å². The highest BCUT2D eigenvalue weighted by Crippen LogP contribution is 2.22. The predicted octanol–water partition coefficient (Wildman–Crippen LogP) is -1.60. The number of hydrogen-bond donors (Lipinski definition) is 8. The van der Waals surface area contributed by atoms with Gasteiger partial charge in [-0.05, 0) is 43.7 Å². The van der Waals surface area contributed by atoms with Crippen LogP contribution < -0.4 is 33.6 Å². The van der Waals surface area contributed by atoms with Gasteiger partial charge >= 0.3 is 5.97 Å². The number of carbonyl (C=O) groups is 5. The molecule has 1 saturated heterocycles. The lowest BCUT2D eigenvalue weighted by Crippen LogP contribution is -2.57. The summed E-state index contributed by atoms with van der Waals surface area (Å²) in [5, 5.41) is 15.9. The number of para-hydroxylation sites is 1. The van der Waals surface area contributed by atoms with E-state index < -0.39 is 53.8 Å². The number of rotatable bonds is 15. The van der Waals surface area contributed by atoms with Crippen molar-refractivity contribution in [1.29, 1.82) is 0 Å². The van der Waals surface area contributed by atoms with Gasteiger partial charge in [0.1, 0.15) is 18.1 Å². The Morgan fingerprint density at radius 3 is 2.50 bits per heavy atom. The number of nitrogens with zero attached hydrogens (tertiary/aromatic N) is 2. The molecule has 228 valence electrons. The highest BCUT2D eigenvalue weighted by molar-refractivity contribution is 5.95. The number of aliphatic imine (C=N–C) groups is 1. The molecule has 0 bridgehead atoms. The largest absolute Gasteiger partial charge is 0.480 e. The number of guanidine groups is 1. The molecule has 15 nitrogen and oxygen atoms in total. The Morgan fingerprint density at radius 1 is 1.07 bits per heavy atom. The van der Waals surface area contributed by atoms with E-state index in [1.54, 1.807) is 6.20 Å². The summed E-state index contributed by atoms with van der Waals surface area (Å²) < 4.78 is 0. The topological polar surface area (TPSA) is 265 Å². The Hall–Kier alpha value is -4.66. The number of carboxylic acid groups (broad SMARTS) is 1. The maximum absolute atomic E-state index is 13.6. The molecule has 15 heteroatoms. The first kappa shape index (κ1) is 31.9. The van der Waals surface area contributed by atoms with Crippen LogP contribution in [0.25, 0.3) is 10.9 Å². The number of nitrogens with two attached hydrogens (primary N) is 4. The van der Waals surface area contributed by atoms with Crippen LogP contribution in [0.1, 0.15) is 44.1 Å². The van der Waals surface area contributed by atoms with E-state index >= 15 is 0 Å². The fourth-order valence-corrected chi connectivity index (χ4v) is 4.96. The van der Waals surface area contributed by atoms with E-state index in [1.165, 1.54) is 4.90 Å². The van der Waals surface area contributed by atoms with Gasteiger partial charge in [-0.1, -0.05) is 18.2 Å². The fraction of sp³-hybridized carbons (Fsp3) is 0.481. The van der Waals surface area contributed by atoms with Crippen molar-refractivity contribution in [2.24, 2.45) is 27.9 Å². The maximum Gasteiger partial charge on any atom is 0.326 e. The van der Waals surface area contributed by atoms with Gasteiger partial charge in [-0.15, -0.1) is 0 Å². The molecule has 4 amide bonds. The van der Waals surface area contributed by atoms with Crippen molar-refractivity contribution in [2.75, 3.05) is 13.1 Å². The van der Waals surface area contributed by atoms with Crippen molar-refractivity contribution < 1.29 is 29.1 Å². The number of likely N-dealkylation sites (tertiary alicyclic amines) is 1. The van der Waals surface area contributed by atoms with Crippen LogP contribution in [0.2, 0.25) is 0 Å². The highest BCUT2D eigenvalue weighted by Gasteiger charge is 2.39. The van der Waals surface area contributed by atoms with Crippen LogP contribution in [0, 0.1) is 0 Å². The second kappa shape index (κ2) is 14.8. The summed E-state index contributed by atoms with van der Waals surface area (Å²) >= 11 is 0. The quantitative estimate of drug-likeness (QED) is 0.0678. The minimum absolute atomic E-state index is 0.00215. The molecule has 1 aliphatic rings. The first-order chi connectivity index (χ1) is 20.0. The van der Waals surface area contributed by atoms with Gasteiger partial charge in [0.25, 0.3) is 0 Å². The summed E-state index contributed by atoms with van der Waals surface area (Å²) in [6, 6.07) is 3.14. The van der Waals surface area contributed by atoms with Gasteiger partial charge in [-0.3, -0.25) is 24.2 Å². The van der Waals surface area contributed by atoms with Crippen LogP contribution in [0.4, 0.5) is 0 Å². The zero-order chi connectivity index (χ0) is 30.8. The summed E-state index contributed by atoms with van der Waals surface area (Å²) in [6.45, 7) is 0.443. The first-order valence-electron chi connectivity index (χ1n) is 13.8. The molecular weight excluding hydrogens is 546 g/mol. The van der Waals surface area contributed by atoms with Gasteiger partial charge in [-0.25, -0.2) is 4.79 Å². The molecule has 3 rings (SSSR count). The average molecular weight is 586 g/mol. The van der Waals surface area contributed by atoms with Gasteiger partial charge in [0.05, 0.1) is 6.04 Å². The van der Waals surface area contributed by atoms with Crippen molar-refractivity contribution in [1.82, 2.24) is 20.5 Å². The van der Waals surface area contributed by atoms with E-state index in [0.29, 0.717) is 19.3 Å². The smallest absolute Gasteiger partial charge is 0.326 e. The average Bonchev–Trinajstić information content (AvgIpc) is 3.60. The third-order valence-electron chi connectivity index (χ3n) is 7.15. The zero-order valence-corrected chi connectivity index (χ0v) is 23.3. The number of carbonyl (C=O) groups excluding carboxylic acids is 4. The number of hydrogen-bond acceptors (Lipinski definition) is 7. The van der Waals surface area contributed by atoms with Crippen LogP contribution in [-0.4, -0.2) is 87.8 Å². The zero-order valence-electron chi connectivity index (χ0n) is 23.3. The lowest BCUT2D eigenvalue weighted by molar-refractivity contribution is -0.145. The summed E-state index contributed by atoms with van der Waals surface area (Å²) in [5.41, 5.74) is 23.3. The number of aromatic nitrogens is 1. The van der Waals surface area contributed by atoms with Gasteiger partial charge in [0, 0.05) is 43.0 Å². The number of carboxylic acids is 1. The van der Waals surface area contributed by atoms with Gasteiger partial charge < -0.3 is 48.6 Å². The van der Waals surface area contributed by atoms with E-state index in [-0.39, 0.29) is 44.7 Å². The summed E-state index contributed by atoms with van der Waals surface area (Å²) in [6.07, 6.45) is 2.96. The molecule has 1 fully saturated rings. The molecule has 0 radical (unpaired) electrons.